The van der Waals surface area contributed by atoms with Crippen LogP contribution >= 0.6 is 35.1 Å². The second kappa shape index (κ2) is 10.1. The Balaban J connectivity index is 1.73. The van der Waals surface area contributed by atoms with Crippen LogP contribution in [0.25, 0.3) is 10.9 Å². The summed E-state index contributed by atoms with van der Waals surface area (Å²) in [5.74, 6) is 0.591. The molecular formula is C25H22Cl2N2O4S. The predicted molar refractivity (Wildman–Crippen MR) is 138 cm³/mol. The normalized spacial score (nSPS) is 11.0. The van der Waals surface area contributed by atoms with E-state index in [0.29, 0.717) is 32.9 Å². The molecule has 176 valence electrons. The van der Waals surface area contributed by atoms with Gasteiger partial charge in [0.1, 0.15) is 0 Å². The number of aromatic nitrogens is 1. The van der Waals surface area contributed by atoms with Gasteiger partial charge in [0.15, 0.2) is 17.2 Å². The van der Waals surface area contributed by atoms with Gasteiger partial charge in [-0.1, -0.05) is 29.3 Å². The Bertz CT molecular complexity index is 1390. The molecule has 0 unspecified atom stereocenters. The summed E-state index contributed by atoms with van der Waals surface area (Å²) >= 11 is 13.8. The van der Waals surface area contributed by atoms with Crippen molar-refractivity contribution in [1.29, 1.82) is 0 Å². The predicted octanol–water partition coefficient (Wildman–Crippen LogP) is 7.34. The van der Waals surface area contributed by atoms with E-state index in [1.807, 2.05) is 32.2 Å². The van der Waals surface area contributed by atoms with Crippen LogP contribution in [0.15, 0.2) is 59.5 Å². The van der Waals surface area contributed by atoms with E-state index in [2.05, 4.69) is 15.4 Å². The molecule has 6 nitrogen and oxygen atoms in total. The van der Waals surface area contributed by atoms with Gasteiger partial charge in [0, 0.05) is 28.0 Å². The van der Waals surface area contributed by atoms with Crippen molar-refractivity contribution < 1.29 is 19.4 Å². The van der Waals surface area contributed by atoms with Gasteiger partial charge in [0.2, 0.25) is 0 Å². The van der Waals surface area contributed by atoms with Gasteiger partial charge in [-0.25, -0.2) is 0 Å². The standard InChI is InChI=1S/C25H22Cl2N2O4S/c1-14-10-17-19(29(14)2)6-8-21(25(17)28-34-23-9-5-16(26)13-18(23)27)33-20-7-4-15(12-24(30)31)11-22(20)32-3/h4-11,13,28H,12H2,1-3H3,(H,30,31). The lowest BCUT2D eigenvalue weighted by atomic mass is 10.1. The van der Waals surface area contributed by atoms with Crippen molar-refractivity contribution in [2.24, 2.45) is 7.05 Å². The SMILES string of the molecule is COc1cc(CC(=O)O)ccc1Oc1ccc2c(cc(C)n2C)c1NSc1ccc(Cl)cc1Cl. The maximum absolute atomic E-state index is 11.1. The largest absolute Gasteiger partial charge is 0.493 e. The summed E-state index contributed by atoms with van der Waals surface area (Å²) in [6.45, 7) is 2.04. The van der Waals surface area contributed by atoms with E-state index in [0.717, 1.165) is 27.2 Å². The molecular weight excluding hydrogens is 495 g/mol. The number of carboxylic acids is 1. The molecule has 34 heavy (non-hydrogen) atoms. The molecule has 0 aliphatic heterocycles. The fourth-order valence-electron chi connectivity index (χ4n) is 3.58. The first-order valence-electron chi connectivity index (χ1n) is 10.3. The lowest BCUT2D eigenvalue weighted by molar-refractivity contribution is -0.136. The van der Waals surface area contributed by atoms with Crippen LogP contribution in [-0.4, -0.2) is 22.8 Å². The highest BCUT2D eigenvalue weighted by Crippen LogP contribution is 2.42. The van der Waals surface area contributed by atoms with Gasteiger partial charge in [-0.2, -0.15) is 0 Å². The molecule has 1 aromatic heterocycles. The van der Waals surface area contributed by atoms with E-state index < -0.39 is 5.97 Å². The number of anilines is 1. The number of aryl methyl sites for hydroxylation is 2. The van der Waals surface area contributed by atoms with Crippen molar-refractivity contribution in [3.8, 4) is 17.2 Å². The summed E-state index contributed by atoms with van der Waals surface area (Å²) in [5.41, 5.74) is 3.53. The minimum absolute atomic E-state index is 0.100. The fraction of sp³-hybridized carbons (Fsp3) is 0.160. The van der Waals surface area contributed by atoms with Crippen LogP contribution in [0.2, 0.25) is 10.0 Å². The molecule has 9 heteroatoms. The number of rotatable bonds is 8. The number of benzene rings is 3. The number of aliphatic carboxylic acids is 1. The highest BCUT2D eigenvalue weighted by molar-refractivity contribution is 8.00. The smallest absolute Gasteiger partial charge is 0.307 e. The molecule has 0 aliphatic rings. The van der Waals surface area contributed by atoms with E-state index in [9.17, 15) is 4.79 Å². The first-order valence-corrected chi connectivity index (χ1v) is 11.9. The van der Waals surface area contributed by atoms with Crippen LogP contribution < -0.4 is 14.2 Å². The molecule has 0 amide bonds. The average molecular weight is 517 g/mol. The first-order chi connectivity index (χ1) is 16.3. The van der Waals surface area contributed by atoms with Crippen LogP contribution in [0.5, 0.6) is 17.2 Å². The third-order valence-corrected chi connectivity index (χ3v) is 6.93. The Kier molecular flexibility index (Phi) is 7.16. The van der Waals surface area contributed by atoms with Crippen molar-refractivity contribution in [2.75, 3.05) is 11.8 Å². The van der Waals surface area contributed by atoms with E-state index in [-0.39, 0.29) is 6.42 Å². The minimum atomic E-state index is -0.912. The zero-order chi connectivity index (χ0) is 24.4. The molecule has 0 saturated heterocycles. The molecule has 0 saturated carbocycles. The maximum atomic E-state index is 11.1. The number of carboxylic acid groups (broad SMARTS) is 1. The van der Waals surface area contributed by atoms with Crippen LogP contribution in [0.3, 0.4) is 0 Å². The monoisotopic (exact) mass is 516 g/mol. The van der Waals surface area contributed by atoms with Crippen molar-refractivity contribution in [2.45, 2.75) is 18.2 Å². The molecule has 0 aliphatic carbocycles. The summed E-state index contributed by atoms with van der Waals surface area (Å²) in [6.07, 6.45) is -0.100. The number of hydrogen-bond acceptors (Lipinski definition) is 5. The Morgan fingerprint density at radius 1 is 1.06 bits per heavy atom. The van der Waals surface area contributed by atoms with Gasteiger partial charge in [0.05, 0.1) is 29.8 Å². The van der Waals surface area contributed by atoms with Crippen LogP contribution in [0.1, 0.15) is 11.3 Å². The Morgan fingerprint density at radius 2 is 1.82 bits per heavy atom. The fourth-order valence-corrected chi connectivity index (χ4v) is 4.82. The van der Waals surface area contributed by atoms with Crippen molar-refractivity contribution >= 4 is 57.7 Å². The third kappa shape index (κ3) is 5.06. The number of nitrogens with zero attached hydrogens (tertiary/aromatic N) is 1. The average Bonchev–Trinajstić information content (AvgIpc) is 3.08. The number of ether oxygens (including phenoxy) is 2. The summed E-state index contributed by atoms with van der Waals surface area (Å²) in [5, 5.41) is 11.2. The van der Waals surface area contributed by atoms with E-state index in [1.165, 1.54) is 19.1 Å². The van der Waals surface area contributed by atoms with Gasteiger partial charge in [-0.3, -0.25) is 4.79 Å². The van der Waals surface area contributed by atoms with E-state index in [1.54, 1.807) is 30.3 Å². The number of carbonyl (C=O) groups is 1. The maximum Gasteiger partial charge on any atom is 0.307 e. The number of nitrogens with one attached hydrogen (secondary N) is 1. The highest BCUT2D eigenvalue weighted by atomic mass is 35.5. The Morgan fingerprint density at radius 3 is 2.53 bits per heavy atom. The summed E-state index contributed by atoms with van der Waals surface area (Å²) in [4.78, 5) is 11.9. The highest BCUT2D eigenvalue weighted by Gasteiger charge is 2.17. The molecule has 0 bridgehead atoms. The molecule has 0 spiro atoms. The van der Waals surface area contributed by atoms with Gasteiger partial charge in [0.25, 0.3) is 0 Å². The lowest BCUT2D eigenvalue weighted by Gasteiger charge is -2.16. The molecule has 2 N–H and O–H groups in total. The molecule has 4 rings (SSSR count). The van der Waals surface area contributed by atoms with Crippen molar-refractivity contribution in [3.63, 3.8) is 0 Å². The quantitative estimate of drug-likeness (QED) is 0.238. The second-order valence-electron chi connectivity index (χ2n) is 7.65. The van der Waals surface area contributed by atoms with Gasteiger partial charge in [-0.05, 0) is 73.0 Å². The van der Waals surface area contributed by atoms with Crippen LogP contribution in [0.4, 0.5) is 5.69 Å². The van der Waals surface area contributed by atoms with Crippen LogP contribution in [0, 0.1) is 6.92 Å². The molecule has 4 aromatic rings. The lowest BCUT2D eigenvalue weighted by Crippen LogP contribution is -2.01. The minimum Gasteiger partial charge on any atom is -0.493 e. The zero-order valence-electron chi connectivity index (χ0n) is 18.7. The number of halogens is 2. The Labute approximate surface area is 211 Å². The molecule has 0 radical (unpaired) electrons. The van der Waals surface area contributed by atoms with Crippen LogP contribution in [-0.2, 0) is 18.3 Å². The van der Waals surface area contributed by atoms with Gasteiger partial charge < -0.3 is 23.9 Å². The van der Waals surface area contributed by atoms with E-state index in [4.69, 9.17) is 37.8 Å². The summed E-state index contributed by atoms with van der Waals surface area (Å²) < 4.78 is 17.2. The van der Waals surface area contributed by atoms with Gasteiger partial charge >= 0.3 is 5.97 Å². The second-order valence-corrected chi connectivity index (χ2v) is 9.34. The number of methoxy groups -OCH3 is 1. The summed E-state index contributed by atoms with van der Waals surface area (Å²) in [6, 6.07) is 16.4. The van der Waals surface area contributed by atoms with Crippen molar-refractivity contribution in [1.82, 2.24) is 4.57 Å². The number of fused-ring (bicyclic) bond motifs is 1. The topological polar surface area (TPSA) is 72.7 Å². The van der Waals surface area contributed by atoms with E-state index >= 15 is 0 Å². The third-order valence-electron chi connectivity index (χ3n) is 5.39. The summed E-state index contributed by atoms with van der Waals surface area (Å²) in [7, 11) is 3.53. The molecule has 3 aromatic carbocycles. The van der Waals surface area contributed by atoms with Gasteiger partial charge in [-0.15, -0.1) is 0 Å². The Hall–Kier alpha value is -3.00. The molecule has 0 fully saturated rings. The molecule has 0 atom stereocenters. The van der Waals surface area contributed by atoms with Crippen molar-refractivity contribution in [3.05, 3.63) is 75.9 Å². The number of hydrogen-bond donors (Lipinski definition) is 2. The first kappa shape index (κ1) is 24.1. The molecule has 1 heterocycles. The zero-order valence-corrected chi connectivity index (χ0v) is 21.0.